The fourth-order valence-corrected chi connectivity index (χ4v) is 2.92. The highest BCUT2D eigenvalue weighted by Crippen LogP contribution is 2.28. The molecule has 2 rings (SSSR count). The van der Waals surface area contributed by atoms with Crippen molar-refractivity contribution in [1.29, 1.82) is 0 Å². The molecule has 1 aromatic carbocycles. The van der Waals surface area contributed by atoms with Crippen LogP contribution in [0.15, 0.2) is 24.8 Å². The van der Waals surface area contributed by atoms with E-state index in [1.807, 2.05) is 19.9 Å². The van der Waals surface area contributed by atoms with Gasteiger partial charge in [0.1, 0.15) is 0 Å². The molecule has 0 bridgehead atoms. The van der Waals surface area contributed by atoms with Crippen molar-refractivity contribution in [2.24, 2.45) is 0 Å². The number of benzene rings is 1. The summed E-state index contributed by atoms with van der Waals surface area (Å²) in [5, 5.41) is 3.03. The summed E-state index contributed by atoms with van der Waals surface area (Å²) in [6.07, 6.45) is 0. The SMILES string of the molecule is C=C(Nc1cc(C)c(F)c(F)c1)c1cc(C)sc1C. The molecule has 0 aliphatic heterocycles. The van der Waals surface area contributed by atoms with Crippen molar-refractivity contribution < 1.29 is 8.78 Å². The maximum atomic E-state index is 13.3. The van der Waals surface area contributed by atoms with Gasteiger partial charge in [0.15, 0.2) is 11.6 Å². The highest BCUT2D eigenvalue weighted by molar-refractivity contribution is 7.12. The van der Waals surface area contributed by atoms with Crippen molar-refractivity contribution >= 4 is 22.7 Å². The van der Waals surface area contributed by atoms with E-state index < -0.39 is 11.6 Å². The minimum Gasteiger partial charge on any atom is -0.355 e. The number of anilines is 1. The summed E-state index contributed by atoms with van der Waals surface area (Å²) >= 11 is 1.68. The van der Waals surface area contributed by atoms with Crippen LogP contribution in [0.4, 0.5) is 14.5 Å². The van der Waals surface area contributed by atoms with Gasteiger partial charge in [-0.15, -0.1) is 11.3 Å². The van der Waals surface area contributed by atoms with Gasteiger partial charge >= 0.3 is 0 Å². The first kappa shape index (κ1) is 13.7. The summed E-state index contributed by atoms with van der Waals surface area (Å²) in [4.78, 5) is 2.34. The third-order valence-electron chi connectivity index (χ3n) is 2.87. The molecule has 4 heteroatoms. The van der Waals surface area contributed by atoms with Crippen molar-refractivity contribution in [3.8, 4) is 0 Å². The largest absolute Gasteiger partial charge is 0.355 e. The molecule has 2 aromatic rings. The first-order valence-corrected chi connectivity index (χ1v) is 6.69. The van der Waals surface area contributed by atoms with Crippen molar-refractivity contribution in [2.75, 3.05) is 5.32 Å². The molecule has 0 spiro atoms. The maximum absolute atomic E-state index is 13.3. The predicted octanol–water partition coefficient (Wildman–Crippen LogP) is 5.03. The lowest BCUT2D eigenvalue weighted by molar-refractivity contribution is 0.503. The van der Waals surface area contributed by atoms with Crippen LogP contribution >= 0.6 is 11.3 Å². The van der Waals surface area contributed by atoms with E-state index in [4.69, 9.17) is 0 Å². The van der Waals surface area contributed by atoms with Gasteiger partial charge in [0.2, 0.25) is 0 Å². The van der Waals surface area contributed by atoms with Gasteiger partial charge < -0.3 is 5.32 Å². The molecule has 1 aromatic heterocycles. The molecule has 0 atom stereocenters. The molecule has 0 aliphatic rings. The monoisotopic (exact) mass is 279 g/mol. The van der Waals surface area contributed by atoms with Crippen molar-refractivity contribution in [1.82, 2.24) is 0 Å². The zero-order valence-electron chi connectivity index (χ0n) is 11.1. The summed E-state index contributed by atoms with van der Waals surface area (Å²) in [7, 11) is 0. The topological polar surface area (TPSA) is 12.0 Å². The molecule has 100 valence electrons. The first-order chi connectivity index (χ1) is 8.88. The normalized spacial score (nSPS) is 10.6. The Balaban J connectivity index is 2.27. The highest BCUT2D eigenvalue weighted by atomic mass is 32.1. The third kappa shape index (κ3) is 2.84. The van der Waals surface area contributed by atoms with Crippen LogP contribution in [0.5, 0.6) is 0 Å². The maximum Gasteiger partial charge on any atom is 0.161 e. The average Bonchev–Trinajstić information content (AvgIpc) is 2.65. The van der Waals surface area contributed by atoms with Crippen molar-refractivity contribution in [3.05, 3.63) is 57.3 Å². The number of nitrogens with one attached hydrogen (secondary N) is 1. The molecule has 1 heterocycles. The van der Waals surface area contributed by atoms with Crippen LogP contribution < -0.4 is 5.32 Å². The van der Waals surface area contributed by atoms with E-state index in [2.05, 4.69) is 11.9 Å². The Morgan fingerprint density at radius 2 is 1.84 bits per heavy atom. The lowest BCUT2D eigenvalue weighted by Gasteiger charge is -2.11. The van der Waals surface area contributed by atoms with Gasteiger partial charge in [-0.3, -0.25) is 0 Å². The van der Waals surface area contributed by atoms with Crippen LogP contribution in [0.25, 0.3) is 5.70 Å². The second-order valence-electron chi connectivity index (χ2n) is 4.52. The number of hydrogen-bond donors (Lipinski definition) is 1. The molecule has 19 heavy (non-hydrogen) atoms. The minimum absolute atomic E-state index is 0.272. The second kappa shape index (κ2) is 5.13. The van der Waals surface area contributed by atoms with Gasteiger partial charge in [-0.05, 0) is 38.5 Å². The number of hydrogen-bond acceptors (Lipinski definition) is 2. The Labute approximate surface area is 115 Å². The fourth-order valence-electron chi connectivity index (χ4n) is 1.97. The van der Waals surface area contributed by atoms with Gasteiger partial charge in [-0.1, -0.05) is 6.58 Å². The van der Waals surface area contributed by atoms with Crippen molar-refractivity contribution in [2.45, 2.75) is 20.8 Å². The molecule has 0 unspecified atom stereocenters. The Hall–Kier alpha value is -1.68. The van der Waals surface area contributed by atoms with Crippen LogP contribution in [0.3, 0.4) is 0 Å². The van der Waals surface area contributed by atoms with E-state index in [-0.39, 0.29) is 5.56 Å². The van der Waals surface area contributed by atoms with E-state index in [0.717, 1.165) is 16.5 Å². The zero-order chi connectivity index (χ0) is 14.2. The molecular formula is C15H15F2NS. The Morgan fingerprint density at radius 1 is 1.16 bits per heavy atom. The first-order valence-electron chi connectivity index (χ1n) is 5.87. The van der Waals surface area contributed by atoms with Crippen LogP contribution in [0, 0.1) is 32.4 Å². The van der Waals surface area contributed by atoms with Crippen LogP contribution in [-0.2, 0) is 0 Å². The number of halogens is 2. The smallest absolute Gasteiger partial charge is 0.161 e. The number of rotatable bonds is 3. The molecule has 1 N–H and O–H groups in total. The Bertz CT molecular complexity index is 621. The van der Waals surface area contributed by atoms with Crippen LogP contribution in [0.1, 0.15) is 20.9 Å². The second-order valence-corrected chi connectivity index (χ2v) is 5.98. The number of aryl methyl sites for hydroxylation is 3. The molecular weight excluding hydrogens is 264 g/mol. The third-order valence-corrected chi connectivity index (χ3v) is 3.84. The molecule has 0 amide bonds. The van der Waals surface area contributed by atoms with Gasteiger partial charge in [0.05, 0.1) is 0 Å². The summed E-state index contributed by atoms with van der Waals surface area (Å²) in [5.74, 6) is -1.66. The standard InChI is InChI=1S/C15H15F2NS/c1-8-5-12(7-14(16)15(8)17)18-10(3)13-6-9(2)19-11(13)4/h5-7,18H,3H2,1-2,4H3. The van der Waals surface area contributed by atoms with Crippen LogP contribution in [0.2, 0.25) is 0 Å². The van der Waals surface area contributed by atoms with Gasteiger partial charge in [0, 0.05) is 32.8 Å². The zero-order valence-corrected chi connectivity index (χ0v) is 11.9. The summed E-state index contributed by atoms with van der Waals surface area (Å²) in [5.41, 5.74) is 2.47. The summed E-state index contributed by atoms with van der Waals surface area (Å²) in [6, 6.07) is 4.74. The Kier molecular flexibility index (Phi) is 3.71. The minimum atomic E-state index is -0.853. The van der Waals surface area contributed by atoms with Gasteiger partial charge in [-0.2, -0.15) is 0 Å². The molecule has 0 saturated heterocycles. The highest BCUT2D eigenvalue weighted by Gasteiger charge is 2.10. The molecule has 1 nitrogen and oxygen atoms in total. The van der Waals surface area contributed by atoms with E-state index >= 15 is 0 Å². The summed E-state index contributed by atoms with van der Waals surface area (Å²) in [6.45, 7) is 9.52. The Morgan fingerprint density at radius 3 is 2.37 bits per heavy atom. The van der Waals surface area contributed by atoms with E-state index in [1.165, 1.54) is 11.8 Å². The van der Waals surface area contributed by atoms with Crippen LogP contribution in [-0.4, -0.2) is 0 Å². The lowest BCUT2D eigenvalue weighted by Crippen LogP contribution is -2.00. The van der Waals surface area contributed by atoms with Gasteiger partial charge in [0.25, 0.3) is 0 Å². The fraction of sp³-hybridized carbons (Fsp3) is 0.200. The van der Waals surface area contributed by atoms with Gasteiger partial charge in [-0.25, -0.2) is 8.78 Å². The lowest BCUT2D eigenvalue weighted by atomic mass is 10.1. The predicted molar refractivity (Wildman–Crippen MR) is 77.5 cm³/mol. The molecule has 0 saturated carbocycles. The van der Waals surface area contributed by atoms with Crippen molar-refractivity contribution in [3.63, 3.8) is 0 Å². The van der Waals surface area contributed by atoms with E-state index in [0.29, 0.717) is 11.4 Å². The molecule has 0 fully saturated rings. The average molecular weight is 279 g/mol. The molecule has 0 radical (unpaired) electrons. The van der Waals surface area contributed by atoms with E-state index in [9.17, 15) is 8.78 Å². The quantitative estimate of drug-likeness (QED) is 0.830. The molecule has 0 aliphatic carbocycles. The number of thiophene rings is 1. The summed E-state index contributed by atoms with van der Waals surface area (Å²) < 4.78 is 26.5. The van der Waals surface area contributed by atoms with E-state index in [1.54, 1.807) is 17.4 Å².